The van der Waals surface area contributed by atoms with E-state index in [1.165, 1.54) is 0 Å². The van der Waals surface area contributed by atoms with Crippen molar-refractivity contribution in [3.63, 3.8) is 0 Å². The van der Waals surface area contributed by atoms with Gasteiger partial charge in [-0.25, -0.2) is 0 Å². The molecule has 1 aromatic rings. The lowest BCUT2D eigenvalue weighted by atomic mass is 9.77. The molecule has 1 aromatic heterocycles. The Labute approximate surface area is 125 Å². The molecule has 2 fully saturated rings. The Bertz CT molecular complexity index is 541. The van der Waals surface area contributed by atoms with Gasteiger partial charge in [0.25, 0.3) is 5.91 Å². The SMILES string of the molecule is CCCn1cccc1C(=O)N1CCC2(CC1)CNC(=O)C2. The lowest BCUT2D eigenvalue weighted by Gasteiger charge is -2.38. The van der Waals surface area contributed by atoms with Gasteiger partial charge in [0.1, 0.15) is 5.69 Å². The van der Waals surface area contributed by atoms with Crippen molar-refractivity contribution in [1.82, 2.24) is 14.8 Å². The van der Waals surface area contributed by atoms with Crippen molar-refractivity contribution in [2.75, 3.05) is 19.6 Å². The summed E-state index contributed by atoms with van der Waals surface area (Å²) in [4.78, 5) is 26.0. The second kappa shape index (κ2) is 5.54. The number of nitrogens with one attached hydrogen (secondary N) is 1. The average molecular weight is 289 g/mol. The van der Waals surface area contributed by atoms with Crippen molar-refractivity contribution >= 4 is 11.8 Å². The molecule has 114 valence electrons. The minimum absolute atomic E-state index is 0.0965. The second-order valence-corrected chi connectivity index (χ2v) is 6.33. The topological polar surface area (TPSA) is 54.3 Å². The average Bonchev–Trinajstić information content (AvgIpc) is 3.07. The highest BCUT2D eigenvalue weighted by atomic mass is 16.2. The number of hydrogen-bond donors (Lipinski definition) is 1. The summed E-state index contributed by atoms with van der Waals surface area (Å²) in [6.45, 7) is 5.28. The number of carbonyl (C=O) groups excluding carboxylic acids is 2. The number of rotatable bonds is 3. The monoisotopic (exact) mass is 289 g/mol. The Morgan fingerprint density at radius 3 is 2.76 bits per heavy atom. The quantitative estimate of drug-likeness (QED) is 0.919. The van der Waals surface area contributed by atoms with Gasteiger partial charge in [-0.2, -0.15) is 0 Å². The molecule has 2 amide bonds. The maximum absolute atomic E-state index is 12.6. The summed E-state index contributed by atoms with van der Waals surface area (Å²) in [5, 5.41) is 2.93. The van der Waals surface area contributed by atoms with Gasteiger partial charge in [0.05, 0.1) is 0 Å². The van der Waals surface area contributed by atoms with Gasteiger partial charge in [-0.1, -0.05) is 6.92 Å². The third-order valence-corrected chi connectivity index (χ3v) is 4.82. The number of piperidine rings is 1. The van der Waals surface area contributed by atoms with Gasteiger partial charge in [0.15, 0.2) is 0 Å². The zero-order valence-corrected chi connectivity index (χ0v) is 12.6. The van der Waals surface area contributed by atoms with Crippen LogP contribution in [0, 0.1) is 5.41 Å². The van der Waals surface area contributed by atoms with E-state index >= 15 is 0 Å². The molecule has 1 spiro atoms. The highest BCUT2D eigenvalue weighted by Gasteiger charge is 2.41. The van der Waals surface area contributed by atoms with Gasteiger partial charge in [0.2, 0.25) is 5.91 Å². The third-order valence-electron chi connectivity index (χ3n) is 4.82. The number of amides is 2. The first-order valence-corrected chi connectivity index (χ1v) is 7.85. The van der Waals surface area contributed by atoms with Crippen LogP contribution in [0.25, 0.3) is 0 Å². The van der Waals surface area contributed by atoms with Crippen molar-refractivity contribution in [1.29, 1.82) is 0 Å². The van der Waals surface area contributed by atoms with Crippen molar-refractivity contribution in [2.24, 2.45) is 5.41 Å². The van der Waals surface area contributed by atoms with Crippen LogP contribution in [0.3, 0.4) is 0 Å². The molecule has 3 rings (SSSR count). The Morgan fingerprint density at radius 1 is 1.38 bits per heavy atom. The lowest BCUT2D eigenvalue weighted by Crippen LogP contribution is -2.44. The van der Waals surface area contributed by atoms with Crippen molar-refractivity contribution in [3.05, 3.63) is 24.0 Å². The first-order valence-electron chi connectivity index (χ1n) is 7.85. The predicted octanol–water partition coefficient (Wildman–Crippen LogP) is 1.64. The van der Waals surface area contributed by atoms with E-state index < -0.39 is 0 Å². The molecule has 2 saturated heterocycles. The molecule has 21 heavy (non-hydrogen) atoms. The summed E-state index contributed by atoms with van der Waals surface area (Å²) < 4.78 is 2.04. The van der Waals surface area contributed by atoms with Crippen molar-refractivity contribution in [2.45, 2.75) is 39.2 Å². The number of hydrogen-bond acceptors (Lipinski definition) is 2. The summed E-state index contributed by atoms with van der Waals surface area (Å²) in [7, 11) is 0. The second-order valence-electron chi connectivity index (χ2n) is 6.33. The largest absolute Gasteiger partial charge is 0.356 e. The van der Waals surface area contributed by atoms with E-state index in [-0.39, 0.29) is 17.2 Å². The Hall–Kier alpha value is -1.78. The number of carbonyl (C=O) groups is 2. The van der Waals surface area contributed by atoms with Crippen molar-refractivity contribution in [3.8, 4) is 0 Å². The minimum Gasteiger partial charge on any atom is -0.356 e. The molecule has 5 heteroatoms. The third kappa shape index (κ3) is 2.69. The fourth-order valence-electron chi connectivity index (χ4n) is 3.50. The first kappa shape index (κ1) is 14.2. The van der Waals surface area contributed by atoms with Gasteiger partial charge in [-0.15, -0.1) is 0 Å². The molecule has 0 saturated carbocycles. The Kier molecular flexibility index (Phi) is 3.74. The van der Waals surface area contributed by atoms with Crippen LogP contribution in [0.15, 0.2) is 18.3 Å². The van der Waals surface area contributed by atoms with Gasteiger partial charge >= 0.3 is 0 Å². The fraction of sp³-hybridized carbons (Fsp3) is 0.625. The maximum Gasteiger partial charge on any atom is 0.270 e. The van der Waals surface area contributed by atoms with Crippen molar-refractivity contribution < 1.29 is 9.59 Å². The van der Waals surface area contributed by atoms with Crippen LogP contribution in [0.5, 0.6) is 0 Å². The first-order chi connectivity index (χ1) is 10.1. The predicted molar refractivity (Wildman–Crippen MR) is 79.9 cm³/mol. The van der Waals surface area contributed by atoms with Gasteiger partial charge < -0.3 is 14.8 Å². The molecule has 0 unspecified atom stereocenters. The van der Waals surface area contributed by atoms with E-state index in [1.54, 1.807) is 0 Å². The molecular weight excluding hydrogens is 266 g/mol. The summed E-state index contributed by atoms with van der Waals surface area (Å²) >= 11 is 0. The van der Waals surface area contributed by atoms with Crippen LogP contribution in [0.2, 0.25) is 0 Å². The zero-order chi connectivity index (χ0) is 14.9. The molecule has 0 radical (unpaired) electrons. The van der Waals surface area contributed by atoms with Crippen LogP contribution in [0.4, 0.5) is 0 Å². The van der Waals surface area contributed by atoms with E-state index in [4.69, 9.17) is 0 Å². The highest BCUT2D eigenvalue weighted by molar-refractivity contribution is 5.93. The van der Waals surface area contributed by atoms with Gasteiger partial charge in [0, 0.05) is 38.8 Å². The number of nitrogens with zero attached hydrogens (tertiary/aromatic N) is 2. The summed E-state index contributed by atoms with van der Waals surface area (Å²) in [6, 6.07) is 3.84. The van der Waals surface area contributed by atoms with Crippen LogP contribution < -0.4 is 5.32 Å². The molecule has 2 aliphatic heterocycles. The van der Waals surface area contributed by atoms with Crippen LogP contribution in [-0.4, -0.2) is 40.9 Å². The van der Waals surface area contributed by atoms with Gasteiger partial charge in [-0.05, 0) is 36.8 Å². The molecule has 0 atom stereocenters. The zero-order valence-electron chi connectivity index (χ0n) is 12.6. The molecule has 3 heterocycles. The normalized spacial score (nSPS) is 20.8. The van der Waals surface area contributed by atoms with Crippen LogP contribution in [-0.2, 0) is 11.3 Å². The number of aryl methyl sites for hydroxylation is 1. The number of likely N-dealkylation sites (tertiary alicyclic amines) is 1. The minimum atomic E-state index is 0.0965. The van der Waals surface area contributed by atoms with Crippen LogP contribution in [0.1, 0.15) is 43.1 Å². The standard InChI is InChI=1S/C16H23N3O2/c1-2-7-18-8-3-4-13(18)15(21)19-9-5-16(6-10-19)11-14(20)17-12-16/h3-4,8H,2,5-7,9-12H2,1H3,(H,17,20). The summed E-state index contributed by atoms with van der Waals surface area (Å²) in [5.74, 6) is 0.284. The van der Waals surface area contributed by atoms with E-state index in [0.717, 1.165) is 51.1 Å². The molecule has 0 aromatic carbocycles. The van der Waals surface area contributed by atoms with Gasteiger partial charge in [-0.3, -0.25) is 9.59 Å². The van der Waals surface area contributed by atoms with E-state index in [1.807, 2.05) is 27.8 Å². The Balaban J connectivity index is 1.65. The highest BCUT2D eigenvalue weighted by Crippen LogP contribution is 2.37. The van der Waals surface area contributed by atoms with E-state index in [2.05, 4.69) is 12.2 Å². The Morgan fingerprint density at radius 2 is 2.14 bits per heavy atom. The maximum atomic E-state index is 12.6. The van der Waals surface area contributed by atoms with E-state index in [9.17, 15) is 9.59 Å². The molecule has 2 aliphatic rings. The lowest BCUT2D eigenvalue weighted by molar-refractivity contribution is -0.119. The summed E-state index contributed by atoms with van der Waals surface area (Å²) in [5.41, 5.74) is 0.882. The molecular formula is C16H23N3O2. The smallest absolute Gasteiger partial charge is 0.270 e. The summed E-state index contributed by atoms with van der Waals surface area (Å²) in [6.07, 6.45) is 5.47. The van der Waals surface area contributed by atoms with E-state index in [0.29, 0.717) is 6.42 Å². The number of aromatic nitrogens is 1. The molecule has 5 nitrogen and oxygen atoms in total. The molecule has 0 aliphatic carbocycles. The fourth-order valence-corrected chi connectivity index (χ4v) is 3.50. The molecule has 0 bridgehead atoms. The van der Waals surface area contributed by atoms with Crippen LogP contribution >= 0.6 is 0 Å². The molecule has 1 N–H and O–H groups in total.